The van der Waals surface area contributed by atoms with Gasteiger partial charge in [0.05, 0.1) is 5.92 Å². The molecule has 1 amide bonds. The second-order valence-corrected chi connectivity index (χ2v) is 7.50. The van der Waals surface area contributed by atoms with E-state index in [9.17, 15) is 14.0 Å². The summed E-state index contributed by atoms with van der Waals surface area (Å²) in [5.74, 6) is -0.531. The van der Waals surface area contributed by atoms with Crippen LogP contribution in [0, 0.1) is 17.2 Å². The topological polar surface area (TPSA) is 57.6 Å². The number of carboxylic acids is 1. The average Bonchev–Trinajstić information content (AvgIpc) is 3.24. The van der Waals surface area contributed by atoms with Gasteiger partial charge in [-0.1, -0.05) is 12.1 Å². The molecule has 1 atom stereocenters. The Morgan fingerprint density at radius 3 is 2.61 bits per heavy atom. The zero-order valence-electron chi connectivity index (χ0n) is 12.8. The molecule has 23 heavy (non-hydrogen) atoms. The van der Waals surface area contributed by atoms with Crippen LogP contribution in [0.25, 0.3) is 0 Å². The Morgan fingerprint density at radius 1 is 1.30 bits per heavy atom. The van der Waals surface area contributed by atoms with Gasteiger partial charge in [0.25, 0.3) is 0 Å². The minimum absolute atomic E-state index is 0.0511. The number of amides is 1. The molecule has 1 spiro atoms. The maximum Gasteiger partial charge on any atom is 0.307 e. The molecule has 2 fully saturated rings. The SMILES string of the molecule is O=C(O)C1CC12CCN(C(=O)CCSc1ccccc1F)CC2. The summed E-state index contributed by atoms with van der Waals surface area (Å²) in [7, 11) is 0. The van der Waals surface area contributed by atoms with Gasteiger partial charge in [-0.15, -0.1) is 11.8 Å². The van der Waals surface area contributed by atoms with E-state index in [0.717, 1.165) is 19.3 Å². The number of carboxylic acid groups (broad SMARTS) is 1. The van der Waals surface area contributed by atoms with Crippen molar-refractivity contribution in [2.24, 2.45) is 11.3 Å². The summed E-state index contributed by atoms with van der Waals surface area (Å²) in [5, 5.41) is 9.08. The summed E-state index contributed by atoms with van der Waals surface area (Å²) in [6.45, 7) is 1.29. The molecule has 6 heteroatoms. The number of benzene rings is 1. The fraction of sp³-hybridized carbons (Fsp3) is 0.529. The Kier molecular flexibility index (Phi) is 4.62. The molecule has 0 radical (unpaired) electrons. The van der Waals surface area contributed by atoms with Crippen LogP contribution in [-0.2, 0) is 9.59 Å². The van der Waals surface area contributed by atoms with Gasteiger partial charge in [0.15, 0.2) is 0 Å². The summed E-state index contributed by atoms with van der Waals surface area (Å²) < 4.78 is 13.5. The molecular weight excluding hydrogens is 317 g/mol. The Bertz CT molecular complexity index is 614. The summed E-state index contributed by atoms with van der Waals surface area (Å²) in [6, 6.07) is 6.57. The standard InChI is InChI=1S/C17H20FNO3S/c18-13-3-1-2-4-14(13)23-10-5-15(20)19-8-6-17(7-9-19)11-12(17)16(21)22/h1-4,12H,5-11H2,(H,21,22). The lowest BCUT2D eigenvalue weighted by Gasteiger charge is -2.32. The quantitative estimate of drug-likeness (QED) is 0.839. The molecule has 1 aliphatic carbocycles. The highest BCUT2D eigenvalue weighted by Crippen LogP contribution is 2.59. The number of piperidine rings is 1. The van der Waals surface area contributed by atoms with Crippen LogP contribution in [0.2, 0.25) is 0 Å². The zero-order valence-corrected chi connectivity index (χ0v) is 13.7. The number of hydrogen-bond acceptors (Lipinski definition) is 3. The number of likely N-dealkylation sites (tertiary alicyclic amines) is 1. The lowest BCUT2D eigenvalue weighted by molar-refractivity contribution is -0.139. The van der Waals surface area contributed by atoms with Crippen LogP contribution >= 0.6 is 11.8 Å². The highest BCUT2D eigenvalue weighted by atomic mass is 32.2. The Hall–Kier alpha value is -1.56. The van der Waals surface area contributed by atoms with Gasteiger partial charge in [-0.05, 0) is 36.8 Å². The number of rotatable bonds is 5. The van der Waals surface area contributed by atoms with Crippen molar-refractivity contribution in [3.63, 3.8) is 0 Å². The van der Waals surface area contributed by atoms with E-state index >= 15 is 0 Å². The largest absolute Gasteiger partial charge is 0.481 e. The highest BCUT2D eigenvalue weighted by Gasteiger charge is 2.59. The van der Waals surface area contributed by atoms with Gasteiger partial charge < -0.3 is 10.0 Å². The monoisotopic (exact) mass is 337 g/mol. The van der Waals surface area contributed by atoms with E-state index in [0.29, 0.717) is 30.2 Å². The van der Waals surface area contributed by atoms with Gasteiger partial charge in [0, 0.05) is 30.2 Å². The minimum Gasteiger partial charge on any atom is -0.481 e. The van der Waals surface area contributed by atoms with Gasteiger partial charge in [-0.3, -0.25) is 9.59 Å². The van der Waals surface area contributed by atoms with Gasteiger partial charge in [-0.2, -0.15) is 0 Å². The molecule has 1 saturated carbocycles. The first-order valence-electron chi connectivity index (χ1n) is 7.90. The van der Waals surface area contributed by atoms with Crippen LogP contribution in [0.3, 0.4) is 0 Å². The van der Waals surface area contributed by atoms with Crippen molar-refractivity contribution >= 4 is 23.6 Å². The van der Waals surface area contributed by atoms with Crippen molar-refractivity contribution in [1.82, 2.24) is 4.90 Å². The Morgan fingerprint density at radius 2 is 2.00 bits per heavy atom. The Balaban J connectivity index is 1.42. The zero-order chi connectivity index (χ0) is 16.4. The number of nitrogens with zero attached hydrogens (tertiary/aromatic N) is 1. The van der Waals surface area contributed by atoms with E-state index in [1.807, 2.05) is 4.90 Å². The van der Waals surface area contributed by atoms with Crippen LogP contribution < -0.4 is 0 Å². The summed E-state index contributed by atoms with van der Waals surface area (Å²) >= 11 is 1.36. The van der Waals surface area contributed by atoms with E-state index in [1.54, 1.807) is 18.2 Å². The van der Waals surface area contributed by atoms with Crippen LogP contribution in [0.15, 0.2) is 29.2 Å². The Labute approximate surface area is 139 Å². The van der Waals surface area contributed by atoms with Crippen molar-refractivity contribution in [3.05, 3.63) is 30.1 Å². The third-order valence-electron chi connectivity index (χ3n) is 5.01. The normalized spacial score (nSPS) is 22.1. The third kappa shape index (κ3) is 3.52. The number of halogens is 1. The number of carbonyl (C=O) groups excluding carboxylic acids is 1. The first kappa shape index (κ1) is 16.3. The molecule has 2 aliphatic rings. The summed E-state index contributed by atoms with van der Waals surface area (Å²) in [6.07, 6.45) is 2.72. The lowest BCUT2D eigenvalue weighted by Crippen LogP contribution is -2.40. The molecule has 3 rings (SSSR count). The fourth-order valence-corrected chi connectivity index (χ4v) is 4.30. The maximum absolute atomic E-state index is 13.5. The smallest absolute Gasteiger partial charge is 0.307 e. The summed E-state index contributed by atoms with van der Waals surface area (Å²) in [5.41, 5.74) is -0.0511. The van der Waals surface area contributed by atoms with Gasteiger partial charge in [0.2, 0.25) is 5.91 Å². The minimum atomic E-state index is -0.703. The fourth-order valence-electron chi connectivity index (χ4n) is 3.42. The van der Waals surface area contributed by atoms with Crippen LogP contribution in [-0.4, -0.2) is 40.7 Å². The maximum atomic E-state index is 13.5. The second kappa shape index (κ2) is 6.51. The molecule has 1 heterocycles. The molecule has 1 aromatic carbocycles. The molecule has 0 aromatic heterocycles. The van der Waals surface area contributed by atoms with E-state index in [1.165, 1.54) is 17.8 Å². The first-order chi connectivity index (χ1) is 11.0. The number of hydrogen-bond donors (Lipinski definition) is 1. The van der Waals surface area contributed by atoms with Crippen molar-refractivity contribution in [2.45, 2.75) is 30.6 Å². The van der Waals surface area contributed by atoms with Crippen molar-refractivity contribution in [1.29, 1.82) is 0 Å². The molecule has 1 unspecified atom stereocenters. The summed E-state index contributed by atoms with van der Waals surface area (Å²) in [4.78, 5) is 25.7. The molecular formula is C17H20FNO3S. The van der Waals surface area contributed by atoms with Gasteiger partial charge in [0.1, 0.15) is 5.82 Å². The molecule has 1 saturated heterocycles. The van der Waals surface area contributed by atoms with E-state index < -0.39 is 5.97 Å². The molecule has 4 nitrogen and oxygen atoms in total. The van der Waals surface area contributed by atoms with E-state index in [4.69, 9.17) is 5.11 Å². The third-order valence-corrected chi connectivity index (χ3v) is 6.06. The van der Waals surface area contributed by atoms with E-state index in [-0.39, 0.29) is 23.1 Å². The predicted molar refractivity (Wildman–Crippen MR) is 85.7 cm³/mol. The van der Waals surface area contributed by atoms with Crippen molar-refractivity contribution in [3.8, 4) is 0 Å². The highest BCUT2D eigenvalue weighted by molar-refractivity contribution is 7.99. The average molecular weight is 337 g/mol. The first-order valence-corrected chi connectivity index (χ1v) is 8.88. The predicted octanol–water partition coefficient (Wildman–Crippen LogP) is 3.02. The molecule has 0 bridgehead atoms. The van der Waals surface area contributed by atoms with Gasteiger partial charge in [-0.25, -0.2) is 4.39 Å². The van der Waals surface area contributed by atoms with Crippen LogP contribution in [0.4, 0.5) is 4.39 Å². The van der Waals surface area contributed by atoms with Crippen LogP contribution in [0.1, 0.15) is 25.7 Å². The van der Waals surface area contributed by atoms with E-state index in [2.05, 4.69) is 0 Å². The molecule has 1 aliphatic heterocycles. The second-order valence-electron chi connectivity index (χ2n) is 6.37. The molecule has 124 valence electrons. The number of aliphatic carboxylic acids is 1. The molecule has 1 aromatic rings. The van der Waals surface area contributed by atoms with Crippen LogP contribution in [0.5, 0.6) is 0 Å². The van der Waals surface area contributed by atoms with Crippen molar-refractivity contribution in [2.75, 3.05) is 18.8 Å². The van der Waals surface area contributed by atoms with Crippen molar-refractivity contribution < 1.29 is 19.1 Å². The van der Waals surface area contributed by atoms with Gasteiger partial charge >= 0.3 is 5.97 Å². The number of carbonyl (C=O) groups is 2. The lowest BCUT2D eigenvalue weighted by atomic mass is 9.90. The molecule has 1 N–H and O–H groups in total. The number of thioether (sulfide) groups is 1.